The molecule has 1 rings (SSSR count). The fraction of sp³-hybridized carbons (Fsp3) is 0.857. The average Bonchev–Trinajstić information content (AvgIpc) is 2.63. The summed E-state index contributed by atoms with van der Waals surface area (Å²) in [7, 11) is -1.54. The third-order valence-corrected chi connectivity index (χ3v) is 4.47. The van der Waals surface area contributed by atoms with Crippen LogP contribution in [0.4, 0.5) is 0 Å². The Morgan fingerprint density at radius 2 is 2.31 bits per heavy atom. The second-order valence-electron chi connectivity index (χ2n) is 3.48. The van der Waals surface area contributed by atoms with Gasteiger partial charge in [-0.1, -0.05) is 12.2 Å². The van der Waals surface area contributed by atoms with Crippen molar-refractivity contribution in [2.75, 3.05) is 20.0 Å². The summed E-state index contributed by atoms with van der Waals surface area (Å²) in [5.74, 6) is 0. The fourth-order valence-corrected chi connectivity index (χ4v) is 3.55. The maximum Gasteiger partial charge on any atom is 0.151 e. The van der Waals surface area contributed by atoms with E-state index >= 15 is 0 Å². The Hall–Kier alpha value is -0.200. The summed E-state index contributed by atoms with van der Waals surface area (Å²) < 4.78 is 27.4. The van der Waals surface area contributed by atoms with Gasteiger partial charge in [-0.3, -0.25) is 0 Å². The molecule has 0 bridgehead atoms. The van der Waals surface area contributed by atoms with Crippen LogP contribution in [-0.2, 0) is 14.6 Å². The number of hydrogen-bond acceptors (Lipinski definition) is 4. The summed E-state index contributed by atoms with van der Waals surface area (Å²) >= 11 is 4.84. The van der Waals surface area contributed by atoms with Crippen LogP contribution in [0, 0.1) is 5.41 Å². The smallest absolute Gasteiger partial charge is 0.151 e. The van der Waals surface area contributed by atoms with E-state index in [0.29, 0.717) is 13.0 Å². The van der Waals surface area contributed by atoms with Gasteiger partial charge in [-0.15, -0.1) is 0 Å². The summed E-state index contributed by atoms with van der Waals surface area (Å²) in [5, 5.41) is -0.447. The first-order valence-corrected chi connectivity index (χ1v) is 6.18. The quantitative estimate of drug-likeness (QED) is 0.664. The Morgan fingerprint density at radius 1 is 1.77 bits per heavy atom. The highest BCUT2D eigenvalue weighted by Gasteiger charge is 2.62. The molecule has 0 amide bonds. The summed E-state index contributed by atoms with van der Waals surface area (Å²) in [6, 6.07) is 0. The molecule has 1 aliphatic carbocycles. The number of thiocarbonyl (C=S) groups is 1. The molecule has 6 heteroatoms. The topological polar surface area (TPSA) is 69.4 Å². The largest absolute Gasteiger partial charge is 0.393 e. The molecule has 0 aromatic carbocycles. The van der Waals surface area contributed by atoms with Gasteiger partial charge in [-0.05, 0) is 6.42 Å². The van der Waals surface area contributed by atoms with Gasteiger partial charge in [0.2, 0.25) is 0 Å². The van der Waals surface area contributed by atoms with Gasteiger partial charge in [0.25, 0.3) is 0 Å². The Labute approximate surface area is 83.4 Å². The van der Waals surface area contributed by atoms with Crippen LogP contribution in [0.5, 0.6) is 0 Å². The monoisotopic (exact) mass is 223 g/mol. The van der Waals surface area contributed by atoms with Crippen molar-refractivity contribution in [3.63, 3.8) is 0 Å². The minimum absolute atomic E-state index is 0.241. The fourth-order valence-electron chi connectivity index (χ4n) is 1.57. The van der Waals surface area contributed by atoms with Gasteiger partial charge >= 0.3 is 0 Å². The number of rotatable bonds is 4. The van der Waals surface area contributed by atoms with E-state index in [4.69, 9.17) is 22.7 Å². The van der Waals surface area contributed by atoms with E-state index in [-0.39, 0.29) is 4.99 Å². The van der Waals surface area contributed by atoms with Crippen LogP contribution in [0.3, 0.4) is 0 Å². The van der Waals surface area contributed by atoms with E-state index in [2.05, 4.69) is 0 Å². The first-order valence-electron chi connectivity index (χ1n) is 3.82. The zero-order chi connectivity index (χ0) is 10.3. The van der Waals surface area contributed by atoms with Gasteiger partial charge in [-0.25, -0.2) is 8.42 Å². The second kappa shape index (κ2) is 3.18. The van der Waals surface area contributed by atoms with Crippen LogP contribution in [0.1, 0.15) is 6.42 Å². The van der Waals surface area contributed by atoms with E-state index in [1.807, 2.05) is 0 Å². The van der Waals surface area contributed by atoms with Gasteiger partial charge in [-0.2, -0.15) is 0 Å². The molecule has 0 spiro atoms. The highest BCUT2D eigenvalue weighted by atomic mass is 32.2. The van der Waals surface area contributed by atoms with Crippen molar-refractivity contribution in [3.05, 3.63) is 0 Å². The Bertz CT molecular complexity index is 325. The Balaban J connectivity index is 2.85. The van der Waals surface area contributed by atoms with Crippen molar-refractivity contribution >= 4 is 27.0 Å². The van der Waals surface area contributed by atoms with Crippen molar-refractivity contribution < 1.29 is 13.2 Å². The average molecular weight is 223 g/mol. The molecule has 4 nitrogen and oxygen atoms in total. The van der Waals surface area contributed by atoms with Crippen LogP contribution in [0.15, 0.2) is 0 Å². The van der Waals surface area contributed by atoms with Gasteiger partial charge in [0.15, 0.2) is 9.84 Å². The molecule has 0 aromatic heterocycles. The van der Waals surface area contributed by atoms with E-state index in [0.717, 1.165) is 0 Å². The van der Waals surface area contributed by atoms with Crippen molar-refractivity contribution in [3.8, 4) is 0 Å². The zero-order valence-corrected chi connectivity index (χ0v) is 9.24. The van der Waals surface area contributed by atoms with Gasteiger partial charge in [0.05, 0.1) is 22.3 Å². The number of ether oxygens (including phenoxy) is 1. The summed E-state index contributed by atoms with van der Waals surface area (Å²) in [5.41, 5.74) is 4.89. The summed E-state index contributed by atoms with van der Waals surface area (Å²) in [6.45, 7) is 0.292. The summed E-state index contributed by atoms with van der Waals surface area (Å²) in [4.78, 5) is 0.241. The predicted molar refractivity (Wildman–Crippen MR) is 54.3 cm³/mol. The summed E-state index contributed by atoms with van der Waals surface area (Å²) in [6.07, 6.45) is 1.70. The van der Waals surface area contributed by atoms with E-state index in [1.165, 1.54) is 13.4 Å². The Kier molecular flexibility index (Phi) is 2.66. The van der Waals surface area contributed by atoms with Crippen molar-refractivity contribution in [1.82, 2.24) is 0 Å². The molecule has 0 saturated heterocycles. The predicted octanol–water partition coefficient (Wildman–Crippen LogP) is -0.278. The molecular weight excluding hydrogens is 210 g/mol. The van der Waals surface area contributed by atoms with Crippen molar-refractivity contribution in [2.45, 2.75) is 11.7 Å². The molecule has 1 fully saturated rings. The maximum atomic E-state index is 11.2. The molecule has 1 saturated carbocycles. The van der Waals surface area contributed by atoms with Crippen molar-refractivity contribution in [1.29, 1.82) is 0 Å². The van der Waals surface area contributed by atoms with Gasteiger partial charge in [0, 0.05) is 13.4 Å². The maximum absolute atomic E-state index is 11.2. The number of nitrogens with two attached hydrogens (primary N) is 1. The van der Waals surface area contributed by atoms with Crippen LogP contribution in [0.2, 0.25) is 0 Å². The van der Waals surface area contributed by atoms with E-state index in [1.54, 1.807) is 0 Å². The first-order chi connectivity index (χ1) is 5.84. The molecule has 76 valence electrons. The molecule has 0 unspecified atom stereocenters. The zero-order valence-electron chi connectivity index (χ0n) is 7.61. The SMILES string of the molecule is COC[C@]1(C(N)=S)C[C@H]1S(C)(=O)=O. The molecule has 2 N–H and O–H groups in total. The van der Waals surface area contributed by atoms with Crippen molar-refractivity contribution in [2.24, 2.45) is 11.1 Å². The molecule has 0 radical (unpaired) electrons. The minimum Gasteiger partial charge on any atom is -0.393 e. The highest BCUT2D eigenvalue weighted by Crippen LogP contribution is 2.50. The lowest BCUT2D eigenvalue weighted by Crippen LogP contribution is -2.32. The lowest BCUT2D eigenvalue weighted by atomic mass is 10.1. The molecule has 0 aromatic rings. The number of methoxy groups -OCH3 is 1. The van der Waals surface area contributed by atoms with Crippen LogP contribution in [0.25, 0.3) is 0 Å². The van der Waals surface area contributed by atoms with Crippen LogP contribution < -0.4 is 5.73 Å². The second-order valence-corrected chi connectivity index (χ2v) is 6.14. The molecule has 0 aliphatic heterocycles. The first kappa shape index (κ1) is 10.9. The normalized spacial score (nSPS) is 32.9. The van der Waals surface area contributed by atoms with E-state index < -0.39 is 20.5 Å². The molecule has 1 aliphatic rings. The standard InChI is InChI=1S/C7H13NO3S2/c1-11-4-7(6(8)12)3-5(7)13(2,9)10/h5H,3-4H2,1-2H3,(H2,8,12)/t5-,7-/m1/s1. The van der Waals surface area contributed by atoms with Gasteiger partial charge in [0.1, 0.15) is 0 Å². The Morgan fingerprint density at radius 3 is 2.54 bits per heavy atom. The lowest BCUT2D eigenvalue weighted by molar-refractivity contribution is 0.169. The molecule has 13 heavy (non-hydrogen) atoms. The van der Waals surface area contributed by atoms with E-state index in [9.17, 15) is 8.42 Å². The van der Waals surface area contributed by atoms with Crippen LogP contribution in [-0.4, -0.2) is 38.6 Å². The van der Waals surface area contributed by atoms with Gasteiger partial charge < -0.3 is 10.5 Å². The molecular formula is C7H13NO3S2. The lowest BCUT2D eigenvalue weighted by Gasteiger charge is -2.13. The van der Waals surface area contributed by atoms with Crippen LogP contribution >= 0.6 is 12.2 Å². The molecule has 2 atom stereocenters. The number of sulfone groups is 1. The minimum atomic E-state index is -3.05. The third-order valence-electron chi connectivity index (χ3n) is 2.42. The third kappa shape index (κ3) is 1.84. The molecule has 0 heterocycles. The highest BCUT2D eigenvalue weighted by molar-refractivity contribution is 7.91. The number of hydrogen-bond donors (Lipinski definition) is 1.